The van der Waals surface area contributed by atoms with Gasteiger partial charge in [-0.3, -0.25) is 4.68 Å². The van der Waals surface area contributed by atoms with Crippen molar-refractivity contribution in [3.63, 3.8) is 0 Å². The zero-order chi connectivity index (χ0) is 14.0. The predicted octanol–water partition coefficient (Wildman–Crippen LogP) is 1.52. The van der Waals surface area contributed by atoms with Crippen LogP contribution in [0.25, 0.3) is 11.3 Å². The summed E-state index contributed by atoms with van der Waals surface area (Å²) in [5, 5.41) is 21.6. The Morgan fingerprint density at radius 3 is 2.68 bits per heavy atom. The molecule has 2 N–H and O–H groups in total. The minimum absolute atomic E-state index is 0.00264. The van der Waals surface area contributed by atoms with Crippen LogP contribution in [0.3, 0.4) is 0 Å². The first-order valence-corrected chi connectivity index (χ1v) is 5.40. The van der Waals surface area contributed by atoms with E-state index in [-0.39, 0.29) is 30.1 Å². The number of hydrogen-bond donors (Lipinski definition) is 2. The van der Waals surface area contributed by atoms with Crippen molar-refractivity contribution in [1.82, 2.24) is 9.78 Å². The molecular weight excluding hydrogens is 258 g/mol. The van der Waals surface area contributed by atoms with Crippen LogP contribution >= 0.6 is 0 Å². The van der Waals surface area contributed by atoms with E-state index in [1.807, 2.05) is 0 Å². The van der Waals surface area contributed by atoms with Crippen LogP contribution in [0.2, 0.25) is 0 Å². The van der Waals surface area contributed by atoms with Gasteiger partial charge in [-0.25, -0.2) is 13.6 Å². The molecule has 2 rings (SSSR count). The minimum Gasteiger partial charge on any atom is -0.477 e. The molecule has 0 aliphatic carbocycles. The molecule has 7 heteroatoms. The van der Waals surface area contributed by atoms with Crippen molar-refractivity contribution < 1.29 is 23.8 Å². The van der Waals surface area contributed by atoms with Gasteiger partial charge in [0.15, 0.2) is 0 Å². The maximum atomic E-state index is 13.6. The smallest absolute Gasteiger partial charge is 0.354 e. The number of aromatic carboxylic acids is 1. The molecule has 19 heavy (non-hydrogen) atoms. The second-order valence-electron chi connectivity index (χ2n) is 3.79. The van der Waals surface area contributed by atoms with E-state index in [0.717, 1.165) is 28.9 Å². The van der Waals surface area contributed by atoms with Crippen molar-refractivity contribution in [2.45, 2.75) is 6.54 Å². The Kier molecular flexibility index (Phi) is 3.57. The second kappa shape index (κ2) is 5.15. The number of carbonyl (C=O) groups is 1. The molecule has 0 unspecified atom stereocenters. The summed E-state index contributed by atoms with van der Waals surface area (Å²) >= 11 is 0. The number of carboxylic acids is 1. The predicted molar refractivity (Wildman–Crippen MR) is 61.6 cm³/mol. The maximum absolute atomic E-state index is 13.6. The van der Waals surface area contributed by atoms with E-state index in [0.29, 0.717) is 0 Å². The molecule has 5 nitrogen and oxygen atoms in total. The summed E-state index contributed by atoms with van der Waals surface area (Å²) in [6.45, 7) is -0.356. The first-order chi connectivity index (χ1) is 9.02. The van der Waals surface area contributed by atoms with Crippen LogP contribution in [-0.4, -0.2) is 32.6 Å². The van der Waals surface area contributed by atoms with Gasteiger partial charge in [0.25, 0.3) is 0 Å². The van der Waals surface area contributed by atoms with Gasteiger partial charge in [0.2, 0.25) is 0 Å². The number of halogens is 2. The Balaban J connectivity index is 2.53. The van der Waals surface area contributed by atoms with Gasteiger partial charge >= 0.3 is 5.97 Å². The number of carboxylic acid groups (broad SMARTS) is 1. The van der Waals surface area contributed by atoms with Crippen molar-refractivity contribution in [3.05, 3.63) is 41.6 Å². The molecule has 1 heterocycles. The Bertz CT molecular complexity index is 625. The van der Waals surface area contributed by atoms with Gasteiger partial charge in [0.1, 0.15) is 17.3 Å². The molecule has 0 aliphatic rings. The summed E-state index contributed by atoms with van der Waals surface area (Å²) in [6.07, 6.45) is 0. The number of benzene rings is 1. The highest BCUT2D eigenvalue weighted by Gasteiger charge is 2.17. The fraction of sp³-hybridized carbons (Fsp3) is 0.167. The zero-order valence-corrected chi connectivity index (χ0v) is 9.68. The van der Waals surface area contributed by atoms with E-state index >= 15 is 0 Å². The molecule has 1 aromatic carbocycles. The van der Waals surface area contributed by atoms with Crippen LogP contribution in [0.1, 0.15) is 10.5 Å². The Morgan fingerprint density at radius 1 is 1.32 bits per heavy atom. The molecular formula is C12H10F2N2O3. The first-order valence-electron chi connectivity index (χ1n) is 5.40. The molecule has 0 fully saturated rings. The quantitative estimate of drug-likeness (QED) is 0.881. The number of aliphatic hydroxyl groups is 1. The number of aliphatic hydroxyl groups excluding tert-OH is 1. The molecule has 0 aliphatic heterocycles. The van der Waals surface area contributed by atoms with Gasteiger partial charge < -0.3 is 10.2 Å². The largest absolute Gasteiger partial charge is 0.477 e. The van der Waals surface area contributed by atoms with Crippen molar-refractivity contribution in [3.8, 4) is 11.3 Å². The molecule has 0 spiro atoms. The zero-order valence-electron chi connectivity index (χ0n) is 9.68. The lowest BCUT2D eigenvalue weighted by atomic mass is 10.1. The number of rotatable bonds is 4. The molecule has 0 saturated carbocycles. The van der Waals surface area contributed by atoms with Crippen LogP contribution < -0.4 is 0 Å². The molecule has 0 bridgehead atoms. The van der Waals surface area contributed by atoms with Crippen LogP contribution in [0.4, 0.5) is 8.78 Å². The van der Waals surface area contributed by atoms with Crippen molar-refractivity contribution in [2.24, 2.45) is 0 Å². The summed E-state index contributed by atoms with van der Waals surface area (Å²) < 4.78 is 27.7. The Labute approximate surface area is 106 Å². The third-order valence-electron chi connectivity index (χ3n) is 2.52. The number of nitrogens with zero attached hydrogens (tertiary/aromatic N) is 2. The SMILES string of the molecule is O=C(O)c1cc(-c2cc(F)ccc2F)nn1CCO. The molecule has 100 valence electrons. The van der Waals surface area contributed by atoms with Crippen LogP contribution in [0.5, 0.6) is 0 Å². The molecule has 2 aromatic rings. The topological polar surface area (TPSA) is 75.3 Å². The lowest BCUT2D eigenvalue weighted by molar-refractivity contribution is 0.0681. The summed E-state index contributed by atoms with van der Waals surface area (Å²) in [5.74, 6) is -2.61. The lowest BCUT2D eigenvalue weighted by Crippen LogP contribution is -2.12. The fourth-order valence-electron chi connectivity index (χ4n) is 1.68. The van der Waals surface area contributed by atoms with E-state index in [4.69, 9.17) is 10.2 Å². The van der Waals surface area contributed by atoms with Crippen molar-refractivity contribution in [2.75, 3.05) is 6.61 Å². The Morgan fingerprint density at radius 2 is 2.05 bits per heavy atom. The van der Waals surface area contributed by atoms with Gasteiger partial charge in [-0.15, -0.1) is 0 Å². The third-order valence-corrected chi connectivity index (χ3v) is 2.52. The van der Waals surface area contributed by atoms with E-state index in [1.54, 1.807) is 0 Å². The lowest BCUT2D eigenvalue weighted by Gasteiger charge is -2.01. The van der Waals surface area contributed by atoms with Gasteiger partial charge in [0.05, 0.1) is 18.8 Å². The third kappa shape index (κ3) is 2.60. The van der Waals surface area contributed by atoms with E-state index in [1.165, 1.54) is 0 Å². The summed E-state index contributed by atoms with van der Waals surface area (Å²) in [6, 6.07) is 3.97. The average Bonchev–Trinajstić information content (AvgIpc) is 2.77. The van der Waals surface area contributed by atoms with Crippen LogP contribution in [0, 0.1) is 11.6 Å². The molecule has 0 amide bonds. The van der Waals surface area contributed by atoms with Crippen molar-refractivity contribution >= 4 is 5.97 Å². The highest BCUT2D eigenvalue weighted by atomic mass is 19.1. The van der Waals surface area contributed by atoms with Crippen LogP contribution in [0.15, 0.2) is 24.3 Å². The molecule has 0 saturated heterocycles. The highest BCUT2D eigenvalue weighted by Crippen LogP contribution is 2.23. The summed E-state index contributed by atoms with van der Waals surface area (Å²) in [4.78, 5) is 11.0. The Hall–Kier alpha value is -2.28. The monoisotopic (exact) mass is 268 g/mol. The second-order valence-corrected chi connectivity index (χ2v) is 3.79. The van der Waals surface area contributed by atoms with Gasteiger partial charge in [-0.1, -0.05) is 0 Å². The standard InChI is InChI=1S/C12H10F2N2O3/c13-7-1-2-9(14)8(5-7)10-6-11(12(18)19)16(15-10)3-4-17/h1-2,5-6,17H,3-4H2,(H,18,19). The van der Waals surface area contributed by atoms with Gasteiger partial charge in [-0.05, 0) is 24.3 Å². The molecule has 0 radical (unpaired) electrons. The number of aromatic nitrogens is 2. The maximum Gasteiger partial charge on any atom is 0.354 e. The first kappa shape index (κ1) is 13.2. The highest BCUT2D eigenvalue weighted by molar-refractivity contribution is 5.87. The summed E-state index contributed by atoms with van der Waals surface area (Å²) in [7, 11) is 0. The molecule has 0 atom stereocenters. The fourth-order valence-corrected chi connectivity index (χ4v) is 1.68. The number of hydrogen-bond acceptors (Lipinski definition) is 3. The van der Waals surface area contributed by atoms with Crippen LogP contribution in [-0.2, 0) is 6.54 Å². The summed E-state index contributed by atoms with van der Waals surface area (Å²) in [5.41, 5.74) is -0.324. The van der Waals surface area contributed by atoms with Gasteiger partial charge in [-0.2, -0.15) is 5.10 Å². The average molecular weight is 268 g/mol. The van der Waals surface area contributed by atoms with Crippen molar-refractivity contribution in [1.29, 1.82) is 0 Å². The van der Waals surface area contributed by atoms with E-state index in [2.05, 4.69) is 5.10 Å². The van der Waals surface area contributed by atoms with E-state index in [9.17, 15) is 13.6 Å². The van der Waals surface area contributed by atoms with Gasteiger partial charge in [0, 0.05) is 5.56 Å². The van der Waals surface area contributed by atoms with E-state index < -0.39 is 17.6 Å². The normalized spacial score (nSPS) is 10.7. The molecule has 1 aromatic heterocycles. The minimum atomic E-state index is -1.26.